The summed E-state index contributed by atoms with van der Waals surface area (Å²) in [6.07, 6.45) is 0. The van der Waals surface area contributed by atoms with Gasteiger partial charge in [0.15, 0.2) is 12.4 Å². The van der Waals surface area contributed by atoms with Crippen LogP contribution >= 0.6 is 0 Å². The third kappa shape index (κ3) is 3.24. The first-order valence-electron chi connectivity index (χ1n) is 6.33. The lowest BCUT2D eigenvalue weighted by molar-refractivity contribution is 0.0921. The third-order valence-electron chi connectivity index (χ3n) is 3.03. The molecule has 20 heavy (non-hydrogen) atoms. The molecule has 0 heterocycles. The molecule has 2 rings (SSSR count). The zero-order chi connectivity index (χ0) is 14.5. The lowest BCUT2D eigenvalue weighted by atomic mass is 10.0. The molecule has 0 fully saturated rings. The minimum Gasteiger partial charge on any atom is -0.485 e. The van der Waals surface area contributed by atoms with Crippen molar-refractivity contribution in [2.24, 2.45) is 0 Å². The highest BCUT2D eigenvalue weighted by atomic mass is 16.5. The largest absolute Gasteiger partial charge is 0.485 e. The van der Waals surface area contributed by atoms with Crippen molar-refractivity contribution in [1.82, 2.24) is 0 Å². The Labute approximate surface area is 118 Å². The molecule has 0 aliphatic heterocycles. The predicted octanol–water partition coefficient (Wildman–Crippen LogP) is 3.44. The molecule has 0 saturated carbocycles. The summed E-state index contributed by atoms with van der Waals surface area (Å²) in [5, 5.41) is 8.81. The summed E-state index contributed by atoms with van der Waals surface area (Å²) in [7, 11) is 0. The van der Waals surface area contributed by atoms with Gasteiger partial charge in [0.25, 0.3) is 0 Å². The van der Waals surface area contributed by atoms with Crippen LogP contribution in [-0.2, 0) is 0 Å². The smallest absolute Gasteiger partial charge is 0.200 e. The summed E-state index contributed by atoms with van der Waals surface area (Å²) in [6.45, 7) is 3.83. The molecular weight excluding hydrogens is 250 g/mol. The third-order valence-corrected chi connectivity index (χ3v) is 3.03. The van der Waals surface area contributed by atoms with E-state index in [-0.39, 0.29) is 12.4 Å². The van der Waals surface area contributed by atoms with Crippen molar-refractivity contribution < 1.29 is 9.53 Å². The lowest BCUT2D eigenvalue weighted by Crippen LogP contribution is -2.13. The van der Waals surface area contributed by atoms with E-state index in [2.05, 4.69) is 0 Å². The molecule has 0 atom stereocenters. The molecular formula is C17H15NO2. The van der Waals surface area contributed by atoms with Crippen molar-refractivity contribution in [1.29, 1.82) is 5.26 Å². The number of hydrogen-bond acceptors (Lipinski definition) is 3. The molecule has 0 bridgehead atoms. The maximum Gasteiger partial charge on any atom is 0.200 e. The quantitative estimate of drug-likeness (QED) is 0.796. The Morgan fingerprint density at radius 3 is 2.75 bits per heavy atom. The van der Waals surface area contributed by atoms with Crippen LogP contribution in [-0.4, -0.2) is 12.4 Å². The van der Waals surface area contributed by atoms with Crippen LogP contribution in [0.4, 0.5) is 0 Å². The number of hydrogen-bond donors (Lipinski definition) is 0. The molecule has 2 aromatic rings. The second kappa shape index (κ2) is 6.03. The molecule has 0 aliphatic carbocycles. The van der Waals surface area contributed by atoms with Gasteiger partial charge < -0.3 is 4.74 Å². The van der Waals surface area contributed by atoms with Crippen molar-refractivity contribution in [3.8, 4) is 11.8 Å². The van der Waals surface area contributed by atoms with Crippen LogP contribution in [0.25, 0.3) is 0 Å². The standard InChI is InChI=1S/C17H15NO2/c1-12-6-7-13(2)16(8-12)17(19)11-20-15-5-3-4-14(9-15)10-18/h3-9H,11H2,1-2H3. The van der Waals surface area contributed by atoms with E-state index in [4.69, 9.17) is 10.00 Å². The van der Waals surface area contributed by atoms with Gasteiger partial charge in [0.2, 0.25) is 0 Å². The number of benzene rings is 2. The van der Waals surface area contributed by atoms with E-state index in [0.29, 0.717) is 16.9 Å². The number of ketones is 1. The van der Waals surface area contributed by atoms with Crippen molar-refractivity contribution >= 4 is 5.78 Å². The van der Waals surface area contributed by atoms with Crippen molar-refractivity contribution in [2.45, 2.75) is 13.8 Å². The SMILES string of the molecule is Cc1ccc(C)c(C(=O)COc2cccc(C#N)c2)c1. The fourth-order valence-electron chi connectivity index (χ4n) is 1.92. The second-order valence-corrected chi connectivity index (χ2v) is 4.67. The second-order valence-electron chi connectivity index (χ2n) is 4.67. The Kier molecular flexibility index (Phi) is 4.17. The average Bonchev–Trinajstić information content (AvgIpc) is 2.47. The van der Waals surface area contributed by atoms with Gasteiger partial charge in [-0.05, 0) is 43.7 Å². The minimum absolute atomic E-state index is 0.0286. The van der Waals surface area contributed by atoms with Crippen LogP contribution in [0, 0.1) is 25.2 Å². The number of nitrogens with zero attached hydrogens (tertiary/aromatic N) is 1. The van der Waals surface area contributed by atoms with E-state index >= 15 is 0 Å². The molecule has 0 radical (unpaired) electrons. The first-order valence-corrected chi connectivity index (χ1v) is 6.33. The van der Waals surface area contributed by atoms with Gasteiger partial charge in [-0.1, -0.05) is 23.8 Å². The highest BCUT2D eigenvalue weighted by molar-refractivity contribution is 5.98. The Morgan fingerprint density at radius 1 is 1.20 bits per heavy atom. The molecule has 0 spiro atoms. The van der Waals surface area contributed by atoms with Crippen LogP contribution in [0.1, 0.15) is 27.0 Å². The van der Waals surface area contributed by atoms with Gasteiger partial charge in [0.05, 0.1) is 11.6 Å². The molecule has 0 saturated heterocycles. The van der Waals surface area contributed by atoms with Gasteiger partial charge in [-0.3, -0.25) is 4.79 Å². The molecule has 0 aliphatic rings. The molecule has 0 N–H and O–H groups in total. The fraction of sp³-hybridized carbons (Fsp3) is 0.176. The Balaban J connectivity index is 2.09. The zero-order valence-corrected chi connectivity index (χ0v) is 11.5. The van der Waals surface area contributed by atoms with Crippen LogP contribution in [0.2, 0.25) is 0 Å². The summed E-state index contributed by atoms with van der Waals surface area (Å²) in [4.78, 5) is 12.2. The first-order chi connectivity index (χ1) is 9.60. The van der Waals surface area contributed by atoms with Crippen LogP contribution in [0.15, 0.2) is 42.5 Å². The van der Waals surface area contributed by atoms with E-state index in [1.807, 2.05) is 38.1 Å². The summed E-state index contributed by atoms with van der Waals surface area (Å²) in [5.74, 6) is 0.469. The molecule has 0 amide bonds. The van der Waals surface area contributed by atoms with Gasteiger partial charge in [0, 0.05) is 5.56 Å². The maximum atomic E-state index is 12.2. The van der Waals surface area contributed by atoms with Gasteiger partial charge in [0.1, 0.15) is 5.75 Å². The molecule has 2 aromatic carbocycles. The van der Waals surface area contributed by atoms with Gasteiger partial charge in [-0.15, -0.1) is 0 Å². The van der Waals surface area contributed by atoms with E-state index in [9.17, 15) is 4.79 Å². The number of carbonyl (C=O) groups is 1. The molecule has 0 unspecified atom stereocenters. The van der Waals surface area contributed by atoms with Crippen LogP contribution in [0.3, 0.4) is 0 Å². The van der Waals surface area contributed by atoms with Crippen LogP contribution < -0.4 is 4.74 Å². The Bertz CT molecular complexity index is 684. The van der Waals surface area contributed by atoms with E-state index < -0.39 is 0 Å². The lowest BCUT2D eigenvalue weighted by Gasteiger charge is -2.08. The molecule has 0 aromatic heterocycles. The zero-order valence-electron chi connectivity index (χ0n) is 11.5. The first kappa shape index (κ1) is 13.8. The minimum atomic E-state index is -0.0615. The Hall–Kier alpha value is -2.60. The van der Waals surface area contributed by atoms with E-state index in [0.717, 1.165) is 11.1 Å². The fourth-order valence-corrected chi connectivity index (χ4v) is 1.92. The highest BCUT2D eigenvalue weighted by Crippen LogP contribution is 2.15. The number of nitriles is 1. The normalized spacial score (nSPS) is 9.85. The topological polar surface area (TPSA) is 50.1 Å². The predicted molar refractivity (Wildman–Crippen MR) is 76.9 cm³/mol. The maximum absolute atomic E-state index is 12.2. The molecule has 3 heteroatoms. The van der Waals surface area contributed by atoms with E-state index in [1.54, 1.807) is 24.3 Å². The summed E-state index contributed by atoms with van der Waals surface area (Å²) in [5.41, 5.74) is 3.18. The molecule has 3 nitrogen and oxygen atoms in total. The number of rotatable bonds is 4. The van der Waals surface area contributed by atoms with Gasteiger partial charge >= 0.3 is 0 Å². The number of aryl methyl sites for hydroxylation is 2. The van der Waals surface area contributed by atoms with Gasteiger partial charge in [-0.2, -0.15) is 5.26 Å². The van der Waals surface area contributed by atoms with Crippen molar-refractivity contribution in [3.63, 3.8) is 0 Å². The number of ether oxygens (including phenoxy) is 1. The Morgan fingerprint density at radius 2 is 2.00 bits per heavy atom. The van der Waals surface area contributed by atoms with Crippen molar-refractivity contribution in [3.05, 3.63) is 64.7 Å². The number of Topliss-reactive ketones (excluding diaryl/α,β-unsaturated/α-hetero) is 1. The number of carbonyl (C=O) groups excluding carboxylic acids is 1. The highest BCUT2D eigenvalue weighted by Gasteiger charge is 2.10. The van der Waals surface area contributed by atoms with E-state index in [1.165, 1.54) is 0 Å². The van der Waals surface area contributed by atoms with Crippen molar-refractivity contribution in [2.75, 3.05) is 6.61 Å². The van der Waals surface area contributed by atoms with Crippen LogP contribution in [0.5, 0.6) is 5.75 Å². The molecule has 100 valence electrons. The summed E-state index contributed by atoms with van der Waals surface area (Å²) >= 11 is 0. The monoisotopic (exact) mass is 265 g/mol. The average molecular weight is 265 g/mol. The van der Waals surface area contributed by atoms with Gasteiger partial charge in [-0.25, -0.2) is 0 Å². The summed E-state index contributed by atoms with van der Waals surface area (Å²) < 4.78 is 5.46. The summed E-state index contributed by atoms with van der Waals surface area (Å²) in [6, 6.07) is 14.6.